The number of hydrogen-bond acceptors (Lipinski definition) is 3. The second kappa shape index (κ2) is 8.72. The second-order valence-electron chi connectivity index (χ2n) is 6.11. The highest BCUT2D eigenvalue weighted by atomic mass is 16.5. The number of carbonyl (C=O) groups is 2. The van der Waals surface area contributed by atoms with Gasteiger partial charge in [-0.05, 0) is 36.2 Å². The lowest BCUT2D eigenvalue weighted by atomic mass is 10.0. The summed E-state index contributed by atoms with van der Waals surface area (Å²) >= 11 is 0. The molecule has 0 heterocycles. The molecule has 0 spiro atoms. The van der Waals surface area contributed by atoms with Gasteiger partial charge in [-0.25, -0.2) is 0 Å². The largest absolute Gasteiger partial charge is 0.496 e. The van der Waals surface area contributed by atoms with E-state index < -0.39 is 6.04 Å². The Morgan fingerprint density at radius 1 is 1.12 bits per heavy atom. The van der Waals surface area contributed by atoms with Crippen LogP contribution in [0.1, 0.15) is 29.8 Å². The van der Waals surface area contributed by atoms with Crippen molar-refractivity contribution < 1.29 is 14.3 Å². The van der Waals surface area contributed by atoms with Crippen LogP contribution in [0, 0.1) is 18.3 Å². The molecule has 5 nitrogen and oxygen atoms in total. The van der Waals surface area contributed by atoms with Gasteiger partial charge in [0.05, 0.1) is 12.7 Å². The van der Waals surface area contributed by atoms with E-state index in [1.165, 1.54) is 7.11 Å². The Kier molecular flexibility index (Phi) is 6.40. The molecular weight excluding hydrogens is 328 g/mol. The molecule has 0 radical (unpaired) electrons. The van der Waals surface area contributed by atoms with Crippen LogP contribution in [0.4, 0.5) is 5.69 Å². The van der Waals surface area contributed by atoms with E-state index in [0.717, 1.165) is 0 Å². The van der Waals surface area contributed by atoms with Gasteiger partial charge in [0, 0.05) is 11.3 Å². The van der Waals surface area contributed by atoms with Crippen LogP contribution in [-0.4, -0.2) is 25.0 Å². The average molecular weight is 350 g/mol. The number of methoxy groups -OCH3 is 1. The van der Waals surface area contributed by atoms with Crippen LogP contribution in [-0.2, 0) is 4.79 Å². The molecule has 0 bridgehead atoms. The number of nitrogens with one attached hydrogen (secondary N) is 2. The third kappa shape index (κ3) is 4.64. The summed E-state index contributed by atoms with van der Waals surface area (Å²) in [6.07, 6.45) is 5.38. The van der Waals surface area contributed by atoms with Gasteiger partial charge in [0.2, 0.25) is 5.91 Å². The predicted octanol–water partition coefficient (Wildman–Crippen LogP) is 3.07. The summed E-state index contributed by atoms with van der Waals surface area (Å²) in [4.78, 5) is 25.3. The molecule has 0 aliphatic carbocycles. The van der Waals surface area contributed by atoms with E-state index in [1.807, 2.05) is 13.8 Å². The van der Waals surface area contributed by atoms with Gasteiger partial charge in [0.25, 0.3) is 5.91 Å². The van der Waals surface area contributed by atoms with Crippen molar-refractivity contribution in [2.45, 2.75) is 19.9 Å². The van der Waals surface area contributed by atoms with Crippen LogP contribution in [0.3, 0.4) is 0 Å². The molecule has 5 heteroatoms. The first kappa shape index (κ1) is 19.1. The highest BCUT2D eigenvalue weighted by molar-refractivity contribution is 6.02. The Balaban J connectivity index is 2.16. The Labute approximate surface area is 153 Å². The van der Waals surface area contributed by atoms with Gasteiger partial charge in [0.1, 0.15) is 11.8 Å². The zero-order valence-corrected chi connectivity index (χ0v) is 15.1. The van der Waals surface area contributed by atoms with Gasteiger partial charge in [-0.15, -0.1) is 6.42 Å². The van der Waals surface area contributed by atoms with E-state index in [-0.39, 0.29) is 17.7 Å². The molecule has 0 aliphatic rings. The monoisotopic (exact) mass is 350 g/mol. The molecule has 134 valence electrons. The first-order valence-electron chi connectivity index (χ1n) is 8.27. The van der Waals surface area contributed by atoms with E-state index in [1.54, 1.807) is 48.5 Å². The highest BCUT2D eigenvalue weighted by Gasteiger charge is 2.25. The number of benzene rings is 2. The number of anilines is 1. The van der Waals surface area contributed by atoms with E-state index in [2.05, 4.69) is 16.6 Å². The second-order valence-corrected chi connectivity index (χ2v) is 6.11. The first-order valence-corrected chi connectivity index (χ1v) is 8.27. The molecule has 0 aromatic heterocycles. The third-order valence-electron chi connectivity index (χ3n) is 3.88. The summed E-state index contributed by atoms with van der Waals surface area (Å²) in [7, 11) is 1.50. The minimum Gasteiger partial charge on any atom is -0.496 e. The molecule has 2 N–H and O–H groups in total. The summed E-state index contributed by atoms with van der Waals surface area (Å²) in [5.74, 6) is 2.20. The number of ether oxygens (including phenoxy) is 1. The lowest BCUT2D eigenvalue weighted by Crippen LogP contribution is -2.47. The molecule has 0 fully saturated rings. The number of carbonyl (C=O) groups excluding carboxylic acids is 2. The lowest BCUT2D eigenvalue weighted by Gasteiger charge is -2.22. The SMILES string of the molecule is C#Cc1cccc(NC(=O)C(NC(=O)c2ccccc2OC)C(C)C)c1. The molecule has 2 aromatic rings. The number of terminal acetylenes is 1. The van der Waals surface area contributed by atoms with E-state index in [4.69, 9.17) is 11.2 Å². The van der Waals surface area contributed by atoms with E-state index >= 15 is 0 Å². The number of amides is 2. The van der Waals surface area contributed by atoms with Crippen LogP contribution in [0.5, 0.6) is 5.75 Å². The van der Waals surface area contributed by atoms with Crippen molar-refractivity contribution in [1.29, 1.82) is 0 Å². The maximum atomic E-state index is 12.7. The Morgan fingerprint density at radius 3 is 2.50 bits per heavy atom. The fourth-order valence-electron chi connectivity index (χ4n) is 2.49. The molecular formula is C21H22N2O3. The summed E-state index contributed by atoms with van der Waals surface area (Å²) in [5, 5.41) is 5.59. The van der Waals surface area contributed by atoms with Gasteiger partial charge in [-0.3, -0.25) is 9.59 Å². The molecule has 26 heavy (non-hydrogen) atoms. The molecule has 0 saturated heterocycles. The maximum Gasteiger partial charge on any atom is 0.255 e. The molecule has 1 atom stereocenters. The molecule has 1 unspecified atom stereocenters. The maximum absolute atomic E-state index is 12.7. The molecule has 2 amide bonds. The molecule has 2 rings (SSSR count). The fourth-order valence-corrected chi connectivity index (χ4v) is 2.49. The van der Waals surface area contributed by atoms with Crippen molar-refractivity contribution >= 4 is 17.5 Å². The fraction of sp³-hybridized carbons (Fsp3) is 0.238. The van der Waals surface area contributed by atoms with Crippen molar-refractivity contribution in [1.82, 2.24) is 5.32 Å². The lowest BCUT2D eigenvalue weighted by molar-refractivity contribution is -0.118. The van der Waals surface area contributed by atoms with Crippen molar-refractivity contribution in [2.75, 3.05) is 12.4 Å². The predicted molar refractivity (Wildman–Crippen MR) is 102 cm³/mol. The summed E-state index contributed by atoms with van der Waals surface area (Å²) in [6.45, 7) is 3.73. The smallest absolute Gasteiger partial charge is 0.255 e. The number of hydrogen-bond donors (Lipinski definition) is 2. The minimum atomic E-state index is -0.707. The van der Waals surface area contributed by atoms with Crippen molar-refractivity contribution in [3.05, 3.63) is 59.7 Å². The normalized spacial score (nSPS) is 11.3. The number of para-hydroxylation sites is 1. The van der Waals surface area contributed by atoms with Crippen LogP contribution < -0.4 is 15.4 Å². The highest BCUT2D eigenvalue weighted by Crippen LogP contribution is 2.18. The molecule has 2 aromatic carbocycles. The Bertz CT molecular complexity index is 837. The molecule has 0 aliphatic heterocycles. The topological polar surface area (TPSA) is 67.4 Å². The van der Waals surface area contributed by atoms with Crippen molar-refractivity contribution in [2.24, 2.45) is 5.92 Å². The third-order valence-corrected chi connectivity index (χ3v) is 3.88. The summed E-state index contributed by atoms with van der Waals surface area (Å²) in [5.41, 5.74) is 1.63. The van der Waals surface area contributed by atoms with Crippen molar-refractivity contribution in [3.8, 4) is 18.1 Å². The standard InChI is InChI=1S/C21H22N2O3/c1-5-15-9-8-10-16(13-15)22-21(25)19(14(2)3)23-20(24)17-11-6-7-12-18(17)26-4/h1,6-14,19H,2-4H3,(H,22,25)(H,23,24). The Morgan fingerprint density at radius 2 is 1.85 bits per heavy atom. The van der Waals surface area contributed by atoms with Gasteiger partial charge in [0.15, 0.2) is 0 Å². The number of rotatable bonds is 6. The van der Waals surface area contributed by atoms with Crippen LogP contribution in [0.25, 0.3) is 0 Å². The minimum absolute atomic E-state index is 0.107. The van der Waals surface area contributed by atoms with E-state index in [9.17, 15) is 9.59 Å². The Hall–Kier alpha value is -3.26. The van der Waals surface area contributed by atoms with E-state index in [0.29, 0.717) is 22.6 Å². The van der Waals surface area contributed by atoms with Crippen LogP contribution in [0.2, 0.25) is 0 Å². The van der Waals surface area contributed by atoms with Gasteiger partial charge >= 0.3 is 0 Å². The van der Waals surface area contributed by atoms with Crippen LogP contribution >= 0.6 is 0 Å². The van der Waals surface area contributed by atoms with Crippen LogP contribution in [0.15, 0.2) is 48.5 Å². The van der Waals surface area contributed by atoms with Gasteiger partial charge in [-0.1, -0.05) is 38.0 Å². The summed E-state index contributed by atoms with van der Waals surface area (Å²) < 4.78 is 5.21. The average Bonchev–Trinajstić information content (AvgIpc) is 2.65. The van der Waals surface area contributed by atoms with Gasteiger partial charge < -0.3 is 15.4 Å². The zero-order chi connectivity index (χ0) is 19.1. The summed E-state index contributed by atoms with van der Waals surface area (Å²) in [6, 6.07) is 13.2. The quantitative estimate of drug-likeness (QED) is 0.787. The molecule has 0 saturated carbocycles. The first-order chi connectivity index (χ1) is 12.5. The van der Waals surface area contributed by atoms with Gasteiger partial charge in [-0.2, -0.15) is 0 Å². The zero-order valence-electron chi connectivity index (χ0n) is 15.1. The van der Waals surface area contributed by atoms with Crippen molar-refractivity contribution in [3.63, 3.8) is 0 Å².